The summed E-state index contributed by atoms with van der Waals surface area (Å²) in [5.74, 6) is -0.467. The van der Waals surface area contributed by atoms with Crippen LogP contribution in [0.5, 0.6) is 0 Å². The number of fused-ring (bicyclic) bond motifs is 3. The first-order valence-corrected chi connectivity index (χ1v) is 27.0. The van der Waals surface area contributed by atoms with Crippen LogP contribution in [0.4, 0.5) is 24.5 Å². The molecule has 0 aliphatic heterocycles. The maximum Gasteiger partial charge on any atom is 0.471 e. The third-order valence-corrected chi connectivity index (χ3v) is 13.1. The van der Waals surface area contributed by atoms with E-state index in [1.165, 1.54) is 78.7 Å². The molecule has 1 heterocycles. The Balaban J connectivity index is 0.000000446. The maximum absolute atomic E-state index is 12.1. The molecule has 370 valence electrons. The van der Waals surface area contributed by atoms with E-state index in [1.807, 2.05) is 23.5 Å². The zero-order valence-corrected chi connectivity index (χ0v) is 46.3. The maximum atomic E-state index is 12.1. The summed E-state index contributed by atoms with van der Waals surface area (Å²) >= 11 is 7.14. The van der Waals surface area contributed by atoms with Crippen molar-refractivity contribution in [1.29, 1.82) is 0 Å². The average molecular weight is 1270 g/mol. The number of aryl methyl sites for hydroxylation is 4. The minimum absolute atomic E-state index is 0.188. The van der Waals surface area contributed by atoms with E-state index in [0.717, 1.165) is 63.2 Å². The van der Waals surface area contributed by atoms with Gasteiger partial charge in [-0.15, -0.1) is 0 Å². The van der Waals surface area contributed by atoms with Gasteiger partial charge in [0.15, 0.2) is 11.4 Å². The second-order valence-corrected chi connectivity index (χ2v) is 22.3. The molecule has 0 fully saturated rings. The van der Waals surface area contributed by atoms with E-state index >= 15 is 0 Å². The Labute approximate surface area is 438 Å². The van der Waals surface area contributed by atoms with Gasteiger partial charge in [0.1, 0.15) is 0 Å². The number of rotatable bonds is 10. The normalized spacial score (nSPS) is 15.7. The van der Waals surface area contributed by atoms with Crippen LogP contribution < -0.4 is 22.3 Å². The zero-order valence-electron chi connectivity index (χ0n) is 39.8. The molecule has 0 saturated carbocycles. The quantitative estimate of drug-likeness (QED) is 0.0345. The number of hydrogen-bond acceptors (Lipinski definition) is 8. The Bertz CT molecular complexity index is 2100. The first-order valence-electron chi connectivity index (χ1n) is 23.0. The SMILES string of the molecule is CCC.CCC(I)I.CCCCCCCc1nc(-c2ccc3c(c2)CCC3N)no1.CCCI.CNO.[C-]#[N+]c1ccc2c(c1)CCC2N.[C-]#[N+]c1ccc2c(c1)CCC2NC(=O)C(F)(F)F. The van der Waals surface area contributed by atoms with Crippen LogP contribution >= 0.6 is 67.8 Å². The van der Waals surface area contributed by atoms with Crippen molar-refractivity contribution in [3.05, 3.63) is 117 Å². The highest BCUT2D eigenvalue weighted by molar-refractivity contribution is 14.2. The highest BCUT2D eigenvalue weighted by Crippen LogP contribution is 2.35. The van der Waals surface area contributed by atoms with Gasteiger partial charge in [-0.05, 0) is 90.5 Å². The molecule has 0 spiro atoms. The molecule has 1 amide bonds. The van der Waals surface area contributed by atoms with Crippen molar-refractivity contribution in [2.24, 2.45) is 11.5 Å². The molecule has 67 heavy (non-hydrogen) atoms. The number of nitrogens with one attached hydrogen (secondary N) is 2. The summed E-state index contributed by atoms with van der Waals surface area (Å²) in [4.78, 5) is 22.0. The van der Waals surface area contributed by atoms with Crippen LogP contribution in [0.3, 0.4) is 0 Å². The molecule has 4 aromatic rings. The number of amides is 1. The van der Waals surface area contributed by atoms with Gasteiger partial charge in [-0.2, -0.15) is 18.2 Å². The monoisotopic (exact) mass is 1270 g/mol. The smallest absolute Gasteiger partial charge is 0.341 e. The minimum atomic E-state index is -4.86. The third kappa shape index (κ3) is 23.5. The second kappa shape index (κ2) is 35.2. The van der Waals surface area contributed by atoms with Crippen LogP contribution in [0.25, 0.3) is 21.1 Å². The van der Waals surface area contributed by atoms with Gasteiger partial charge in [-0.1, -0.05) is 199 Å². The lowest BCUT2D eigenvalue weighted by molar-refractivity contribution is -0.174. The number of hydrogen-bond donors (Lipinski definition) is 5. The van der Waals surface area contributed by atoms with Crippen molar-refractivity contribution in [3.8, 4) is 11.4 Å². The third-order valence-electron chi connectivity index (χ3n) is 10.3. The molecule has 0 saturated heterocycles. The summed E-state index contributed by atoms with van der Waals surface area (Å²) in [6.45, 7) is 24.5. The Morgan fingerprint density at radius 2 is 1.28 bits per heavy atom. The van der Waals surface area contributed by atoms with Gasteiger partial charge in [0.2, 0.25) is 11.7 Å². The second-order valence-electron chi connectivity index (χ2n) is 15.9. The van der Waals surface area contributed by atoms with Crippen LogP contribution in [0, 0.1) is 13.1 Å². The highest BCUT2D eigenvalue weighted by Gasteiger charge is 2.40. The Hall–Kier alpha value is -2.93. The fraction of sp³-hybridized carbons (Fsp3) is 0.540. The van der Waals surface area contributed by atoms with Crippen molar-refractivity contribution in [3.63, 3.8) is 0 Å². The highest BCUT2D eigenvalue weighted by atomic mass is 127. The van der Waals surface area contributed by atoms with Crippen LogP contribution in [0.2, 0.25) is 0 Å². The molecule has 0 radical (unpaired) electrons. The predicted molar refractivity (Wildman–Crippen MR) is 291 cm³/mol. The number of carbonyl (C=O) groups excluding carboxylic acids is 1. The van der Waals surface area contributed by atoms with E-state index < -0.39 is 18.1 Å². The summed E-state index contributed by atoms with van der Waals surface area (Å²) in [6.07, 6.45) is 11.2. The van der Waals surface area contributed by atoms with E-state index in [1.54, 1.807) is 23.7 Å². The molecule has 7 rings (SSSR count). The van der Waals surface area contributed by atoms with Gasteiger partial charge in [-0.25, -0.2) is 15.2 Å². The number of hydroxylamine groups is 1. The Morgan fingerprint density at radius 3 is 1.76 bits per heavy atom. The Morgan fingerprint density at radius 1 is 0.821 bits per heavy atom. The van der Waals surface area contributed by atoms with Gasteiger partial charge < -0.3 is 26.5 Å². The lowest BCUT2D eigenvalue weighted by atomic mass is 10.0. The van der Waals surface area contributed by atoms with Crippen LogP contribution in [-0.2, 0) is 30.5 Å². The lowest BCUT2D eigenvalue weighted by Crippen LogP contribution is -2.38. The Kier molecular flexibility index (Phi) is 32.6. The summed E-state index contributed by atoms with van der Waals surface area (Å²) in [5, 5.41) is 13.4. The summed E-state index contributed by atoms with van der Waals surface area (Å²) in [6, 6.07) is 16.7. The standard InChI is InChI=1S/C18H25N3O.C12H9F3N2O.C10H10N2.C3H6I2.C3H7I.C3H8.CH5NO/c1-2-3-4-5-6-7-17-20-18(21-22-17)14-8-10-15-13(12-14)9-11-16(15)19;1-16-8-3-4-9-7(6-8)2-5-10(9)17-11(18)12(13,14)15;1-12-8-3-4-9-7(6-8)2-5-10(9)11;1-2-3(4)5;1-2-3-4;1-3-2;1-2-3/h8,10,12,16H,2-7,9,11,19H2,1H3;3-4,6,10H,2,5H2,(H,17,18);3-4,6,10H,2,5,11H2;3H,2H2,1H3;2-3H2,1H3;3H2,1-2H3;2-3H,1H3. The van der Waals surface area contributed by atoms with Crippen molar-refractivity contribution in [2.75, 3.05) is 11.5 Å². The molecule has 3 aliphatic carbocycles. The number of aromatic nitrogens is 2. The number of carbonyl (C=O) groups is 1. The number of unbranched alkanes of at least 4 members (excludes halogenated alkanes) is 4. The summed E-state index contributed by atoms with van der Waals surface area (Å²) in [7, 11) is 1.43. The molecular formula is C50H70F3I3N8O3. The number of nitrogens with zero attached hydrogens (tertiary/aromatic N) is 4. The zero-order chi connectivity index (χ0) is 50.4. The average Bonchev–Trinajstić information content (AvgIpc) is 4.13. The molecule has 7 N–H and O–H groups in total. The summed E-state index contributed by atoms with van der Waals surface area (Å²) < 4.78 is 43.9. The minimum Gasteiger partial charge on any atom is -0.341 e. The number of benzene rings is 3. The molecule has 0 bridgehead atoms. The fourth-order valence-electron chi connectivity index (χ4n) is 6.91. The van der Waals surface area contributed by atoms with Crippen molar-refractivity contribution in [1.82, 2.24) is 20.9 Å². The van der Waals surface area contributed by atoms with Gasteiger partial charge in [0.05, 0.1) is 21.1 Å². The molecule has 11 nitrogen and oxygen atoms in total. The van der Waals surface area contributed by atoms with E-state index in [9.17, 15) is 18.0 Å². The topological polar surface area (TPSA) is 161 Å². The molecule has 3 unspecified atom stereocenters. The van der Waals surface area contributed by atoms with E-state index in [4.69, 9.17) is 34.3 Å². The lowest BCUT2D eigenvalue weighted by Gasteiger charge is -2.15. The van der Waals surface area contributed by atoms with Crippen LogP contribution in [-0.4, -0.2) is 40.8 Å². The number of halogens is 6. The van der Waals surface area contributed by atoms with Crippen LogP contribution in [0.1, 0.15) is 163 Å². The van der Waals surface area contributed by atoms with Crippen molar-refractivity contribution in [2.45, 2.75) is 157 Å². The first kappa shape index (κ1) is 62.1. The number of alkyl halides is 6. The van der Waals surface area contributed by atoms with Gasteiger partial charge in [-0.3, -0.25) is 4.79 Å². The van der Waals surface area contributed by atoms with Crippen LogP contribution in [0.15, 0.2) is 59.1 Å². The largest absolute Gasteiger partial charge is 0.471 e. The molecule has 3 aromatic carbocycles. The van der Waals surface area contributed by atoms with Crippen molar-refractivity contribution >= 4 is 85.1 Å². The molecule has 17 heteroatoms. The van der Waals surface area contributed by atoms with Gasteiger partial charge in [0.25, 0.3) is 0 Å². The van der Waals surface area contributed by atoms with E-state index in [2.05, 4.69) is 140 Å². The molecule has 1 aromatic heterocycles. The summed E-state index contributed by atoms with van der Waals surface area (Å²) in [5.41, 5.74) is 22.5. The number of nitrogens with two attached hydrogens (primary N) is 2. The van der Waals surface area contributed by atoms with Gasteiger partial charge >= 0.3 is 12.1 Å². The first-order chi connectivity index (χ1) is 32.0. The van der Waals surface area contributed by atoms with E-state index in [-0.39, 0.29) is 12.1 Å². The molecule has 3 atom stereocenters. The molecule has 3 aliphatic rings. The van der Waals surface area contributed by atoms with E-state index in [0.29, 0.717) is 29.9 Å². The molecular weight excluding hydrogens is 1200 g/mol. The fourth-order valence-corrected chi connectivity index (χ4v) is 6.91. The van der Waals surface area contributed by atoms with Crippen molar-refractivity contribution < 1.29 is 27.7 Å². The van der Waals surface area contributed by atoms with Gasteiger partial charge in [0, 0.05) is 31.1 Å². The predicted octanol–water partition coefficient (Wildman–Crippen LogP) is 14.7.